The number of aliphatic imine (C=N–C) groups is 1. The van der Waals surface area contributed by atoms with Gasteiger partial charge in [0.25, 0.3) is 5.91 Å². The molecule has 0 bridgehead atoms. The van der Waals surface area contributed by atoms with Gasteiger partial charge in [0, 0.05) is 22.8 Å². The summed E-state index contributed by atoms with van der Waals surface area (Å²) in [5.41, 5.74) is 3.07. The highest BCUT2D eigenvalue weighted by Gasteiger charge is 2.26. The molecule has 0 radical (unpaired) electrons. The number of fused-ring (bicyclic) bond motifs is 1. The highest BCUT2D eigenvalue weighted by Crippen LogP contribution is 2.27. The maximum absolute atomic E-state index is 12.3. The fourth-order valence-electron chi connectivity index (χ4n) is 2.36. The number of halogens is 1. The Balaban J connectivity index is 2.18. The van der Waals surface area contributed by atoms with Gasteiger partial charge in [-0.25, -0.2) is 4.99 Å². The fraction of sp³-hybridized carbons (Fsp3) is 0.176. The van der Waals surface area contributed by atoms with Gasteiger partial charge in [0.2, 0.25) is 6.23 Å². The highest BCUT2D eigenvalue weighted by atomic mass is 35.5. The van der Waals surface area contributed by atoms with Gasteiger partial charge in [-0.15, -0.1) is 0 Å². The average Bonchev–Trinajstić information content (AvgIpc) is 2.66. The van der Waals surface area contributed by atoms with E-state index in [1.165, 1.54) is 0 Å². The summed E-state index contributed by atoms with van der Waals surface area (Å²) in [6.07, 6.45) is -0.869. The summed E-state index contributed by atoms with van der Waals surface area (Å²) in [5, 5.41) is 3.44. The molecule has 5 heteroatoms. The topological polar surface area (TPSA) is 50.7 Å². The summed E-state index contributed by atoms with van der Waals surface area (Å²) < 4.78 is 5.46. The molecular weight excluding hydrogens is 300 g/mol. The Bertz CT molecular complexity index is 729. The second-order valence-corrected chi connectivity index (χ2v) is 5.27. The van der Waals surface area contributed by atoms with Crippen LogP contribution in [0.5, 0.6) is 0 Å². The van der Waals surface area contributed by atoms with Crippen LogP contribution in [0.3, 0.4) is 0 Å². The standard InChI is InChI=1S/C17H15ClN2O2/c1-2-22-17-16(21)19-14-9-8-12(18)10-13(14)15(20-17)11-6-4-3-5-7-11/h3-10,17H,2H2,1H3,(H,19,21). The van der Waals surface area contributed by atoms with Crippen molar-refractivity contribution in [3.63, 3.8) is 0 Å². The third-order valence-corrected chi connectivity index (χ3v) is 3.57. The van der Waals surface area contributed by atoms with Crippen LogP contribution in [-0.2, 0) is 9.53 Å². The van der Waals surface area contributed by atoms with E-state index in [-0.39, 0.29) is 5.91 Å². The number of nitrogens with zero attached hydrogens (tertiary/aromatic N) is 1. The molecule has 0 saturated heterocycles. The van der Waals surface area contributed by atoms with Crippen LogP contribution in [0.2, 0.25) is 5.02 Å². The zero-order valence-electron chi connectivity index (χ0n) is 12.0. The summed E-state index contributed by atoms with van der Waals surface area (Å²) in [7, 11) is 0. The van der Waals surface area contributed by atoms with E-state index in [4.69, 9.17) is 16.3 Å². The number of benzene rings is 2. The summed E-state index contributed by atoms with van der Waals surface area (Å²) >= 11 is 6.12. The van der Waals surface area contributed by atoms with Crippen LogP contribution >= 0.6 is 11.6 Å². The van der Waals surface area contributed by atoms with Crippen molar-refractivity contribution in [1.82, 2.24) is 0 Å². The Labute approximate surface area is 133 Å². The maximum Gasteiger partial charge on any atom is 0.276 e. The van der Waals surface area contributed by atoms with E-state index in [0.29, 0.717) is 23.0 Å². The predicted molar refractivity (Wildman–Crippen MR) is 87.6 cm³/mol. The Morgan fingerprint density at radius 3 is 2.73 bits per heavy atom. The largest absolute Gasteiger partial charge is 0.348 e. The molecule has 3 rings (SSSR count). The molecule has 0 aromatic heterocycles. The van der Waals surface area contributed by atoms with Crippen LogP contribution in [0, 0.1) is 0 Å². The first-order chi connectivity index (χ1) is 10.7. The van der Waals surface area contributed by atoms with Crippen LogP contribution in [-0.4, -0.2) is 24.5 Å². The fourth-order valence-corrected chi connectivity index (χ4v) is 2.53. The molecule has 1 heterocycles. The molecular formula is C17H15ClN2O2. The van der Waals surface area contributed by atoms with E-state index in [9.17, 15) is 4.79 Å². The SMILES string of the molecule is CCOC1N=C(c2ccccc2)c2cc(Cl)ccc2NC1=O. The van der Waals surface area contributed by atoms with Crippen molar-refractivity contribution in [2.75, 3.05) is 11.9 Å². The Hall–Kier alpha value is -2.17. The van der Waals surface area contributed by atoms with Gasteiger partial charge in [-0.1, -0.05) is 41.9 Å². The predicted octanol–water partition coefficient (Wildman–Crippen LogP) is 3.49. The third-order valence-electron chi connectivity index (χ3n) is 3.34. The van der Waals surface area contributed by atoms with Crippen LogP contribution in [0.15, 0.2) is 53.5 Å². The van der Waals surface area contributed by atoms with E-state index in [1.54, 1.807) is 18.2 Å². The molecule has 1 N–H and O–H groups in total. The second-order valence-electron chi connectivity index (χ2n) is 4.83. The van der Waals surface area contributed by atoms with E-state index < -0.39 is 6.23 Å². The average molecular weight is 315 g/mol. The van der Waals surface area contributed by atoms with Crippen molar-refractivity contribution in [3.8, 4) is 0 Å². The summed E-state index contributed by atoms with van der Waals surface area (Å²) in [5.74, 6) is -0.281. The Morgan fingerprint density at radius 1 is 1.23 bits per heavy atom. The number of nitrogens with one attached hydrogen (secondary N) is 1. The number of rotatable bonds is 3. The van der Waals surface area contributed by atoms with Crippen LogP contribution in [0.1, 0.15) is 18.1 Å². The van der Waals surface area contributed by atoms with E-state index in [2.05, 4.69) is 10.3 Å². The number of hydrogen-bond acceptors (Lipinski definition) is 3. The van der Waals surface area contributed by atoms with Crippen molar-refractivity contribution >= 4 is 28.9 Å². The second kappa shape index (κ2) is 6.30. The molecule has 1 amide bonds. The quantitative estimate of drug-likeness (QED) is 0.942. The van der Waals surface area contributed by atoms with Gasteiger partial charge in [0.1, 0.15) is 0 Å². The maximum atomic E-state index is 12.3. The minimum absolute atomic E-state index is 0.281. The lowest BCUT2D eigenvalue weighted by molar-refractivity contribution is -0.126. The Kier molecular flexibility index (Phi) is 4.22. The number of benzodiazepines with no additional fused rings is 1. The first kappa shape index (κ1) is 14.8. The number of anilines is 1. The van der Waals surface area contributed by atoms with Gasteiger partial charge < -0.3 is 10.1 Å². The van der Waals surface area contributed by atoms with E-state index >= 15 is 0 Å². The molecule has 112 valence electrons. The zero-order chi connectivity index (χ0) is 15.5. The lowest BCUT2D eigenvalue weighted by atomic mass is 10.0. The minimum atomic E-state index is -0.869. The zero-order valence-corrected chi connectivity index (χ0v) is 12.8. The number of amides is 1. The number of carbonyl (C=O) groups excluding carboxylic acids is 1. The van der Waals surface area contributed by atoms with Crippen LogP contribution in [0.25, 0.3) is 0 Å². The molecule has 2 aromatic carbocycles. The van der Waals surface area contributed by atoms with Gasteiger partial charge >= 0.3 is 0 Å². The lowest BCUT2D eigenvalue weighted by Gasteiger charge is -2.10. The van der Waals surface area contributed by atoms with Gasteiger partial charge in [0.05, 0.1) is 11.4 Å². The third kappa shape index (κ3) is 2.89. The Morgan fingerprint density at radius 2 is 2.00 bits per heavy atom. The molecule has 1 atom stereocenters. The highest BCUT2D eigenvalue weighted by molar-refractivity contribution is 6.32. The minimum Gasteiger partial charge on any atom is -0.348 e. The molecule has 22 heavy (non-hydrogen) atoms. The molecule has 1 unspecified atom stereocenters. The van der Waals surface area contributed by atoms with Gasteiger partial charge in [-0.05, 0) is 25.1 Å². The van der Waals surface area contributed by atoms with Crippen molar-refractivity contribution in [2.24, 2.45) is 4.99 Å². The first-order valence-electron chi connectivity index (χ1n) is 7.04. The monoisotopic (exact) mass is 314 g/mol. The van der Waals surface area contributed by atoms with Crippen LogP contribution < -0.4 is 5.32 Å². The molecule has 0 spiro atoms. The van der Waals surface area contributed by atoms with Gasteiger partial charge in [-0.2, -0.15) is 0 Å². The molecule has 0 saturated carbocycles. The molecule has 1 aliphatic heterocycles. The summed E-state index contributed by atoms with van der Waals surface area (Å²) in [4.78, 5) is 16.8. The smallest absolute Gasteiger partial charge is 0.276 e. The van der Waals surface area contributed by atoms with E-state index in [0.717, 1.165) is 11.1 Å². The molecule has 1 aliphatic rings. The number of carbonyl (C=O) groups is 1. The summed E-state index contributed by atoms with van der Waals surface area (Å²) in [6, 6.07) is 15.0. The van der Waals surface area contributed by atoms with Crippen molar-refractivity contribution in [3.05, 3.63) is 64.7 Å². The molecule has 2 aromatic rings. The number of hydrogen-bond donors (Lipinski definition) is 1. The molecule has 0 aliphatic carbocycles. The normalized spacial score (nSPS) is 17.3. The summed E-state index contributed by atoms with van der Waals surface area (Å²) in [6.45, 7) is 2.24. The van der Waals surface area contributed by atoms with Gasteiger partial charge in [0.15, 0.2) is 0 Å². The van der Waals surface area contributed by atoms with Crippen molar-refractivity contribution in [2.45, 2.75) is 13.2 Å². The van der Waals surface area contributed by atoms with Crippen LogP contribution in [0.4, 0.5) is 5.69 Å². The van der Waals surface area contributed by atoms with Crippen molar-refractivity contribution < 1.29 is 9.53 Å². The van der Waals surface area contributed by atoms with Gasteiger partial charge in [-0.3, -0.25) is 4.79 Å². The van der Waals surface area contributed by atoms with E-state index in [1.807, 2.05) is 37.3 Å². The first-order valence-corrected chi connectivity index (χ1v) is 7.42. The molecule has 4 nitrogen and oxygen atoms in total. The lowest BCUT2D eigenvalue weighted by Crippen LogP contribution is -2.28. The van der Waals surface area contributed by atoms with Crippen molar-refractivity contribution in [1.29, 1.82) is 0 Å². The molecule has 0 fully saturated rings. The number of ether oxygens (including phenoxy) is 1.